The summed E-state index contributed by atoms with van der Waals surface area (Å²) < 4.78 is 19.8. The zero-order valence-electron chi connectivity index (χ0n) is 16.9. The van der Waals surface area contributed by atoms with Crippen LogP contribution in [0, 0.1) is 11.7 Å². The monoisotopic (exact) mass is 457 g/mol. The van der Waals surface area contributed by atoms with E-state index in [4.69, 9.17) is 4.74 Å². The summed E-state index contributed by atoms with van der Waals surface area (Å²) in [6.45, 7) is 9.38. The summed E-state index contributed by atoms with van der Waals surface area (Å²) >= 11 is 3.20. The molecule has 1 aliphatic heterocycles. The van der Waals surface area contributed by atoms with Crippen molar-refractivity contribution in [3.63, 3.8) is 0 Å². The number of likely N-dealkylation sites (tertiary alicyclic amines) is 1. The molecule has 0 radical (unpaired) electrons. The molecule has 156 valence electrons. The van der Waals surface area contributed by atoms with Crippen LogP contribution in [0.5, 0.6) is 0 Å². The van der Waals surface area contributed by atoms with Crippen molar-refractivity contribution in [3.05, 3.63) is 28.5 Å². The molecular weight excluding hydrogens is 429 g/mol. The number of piperidine rings is 1. The second-order valence-electron chi connectivity index (χ2n) is 8.15. The number of ether oxygens (including phenoxy) is 1. The van der Waals surface area contributed by atoms with Gasteiger partial charge >= 0.3 is 6.09 Å². The third-order valence-electron chi connectivity index (χ3n) is 4.70. The molecule has 1 aromatic rings. The summed E-state index contributed by atoms with van der Waals surface area (Å²) in [5.74, 6) is -0.351. The van der Waals surface area contributed by atoms with Gasteiger partial charge in [-0.25, -0.2) is 9.18 Å². The van der Waals surface area contributed by atoms with Crippen LogP contribution in [0.15, 0.2) is 22.7 Å². The molecule has 1 atom stereocenters. The van der Waals surface area contributed by atoms with Crippen LogP contribution < -0.4 is 10.6 Å². The summed E-state index contributed by atoms with van der Waals surface area (Å²) in [4.78, 5) is 26.3. The summed E-state index contributed by atoms with van der Waals surface area (Å²) in [7, 11) is 0. The Morgan fingerprint density at radius 1 is 1.32 bits per heavy atom. The maximum Gasteiger partial charge on any atom is 0.407 e. The number of amides is 2. The first kappa shape index (κ1) is 22.6. The molecule has 1 unspecified atom stereocenters. The van der Waals surface area contributed by atoms with Crippen LogP contribution in [0.25, 0.3) is 0 Å². The number of nitrogens with zero attached hydrogens (tertiary/aromatic N) is 1. The summed E-state index contributed by atoms with van der Waals surface area (Å²) in [6.07, 6.45) is 1.35. The number of anilines is 1. The average molecular weight is 458 g/mol. The molecule has 1 heterocycles. The van der Waals surface area contributed by atoms with Crippen molar-refractivity contribution in [2.45, 2.75) is 52.2 Å². The molecule has 0 aliphatic carbocycles. The zero-order chi connectivity index (χ0) is 20.9. The summed E-state index contributed by atoms with van der Waals surface area (Å²) in [5.41, 5.74) is -0.332. The van der Waals surface area contributed by atoms with Gasteiger partial charge in [0.05, 0.1) is 11.7 Å². The fraction of sp³-hybridized carbons (Fsp3) is 0.600. The maximum atomic E-state index is 13.9. The second-order valence-corrected chi connectivity index (χ2v) is 9.07. The number of carbonyl (C=O) groups is 2. The minimum atomic E-state index is -0.509. The molecule has 0 bridgehead atoms. The van der Waals surface area contributed by atoms with Gasteiger partial charge in [0.2, 0.25) is 5.91 Å². The number of hydrogen-bond acceptors (Lipinski definition) is 4. The van der Waals surface area contributed by atoms with Crippen LogP contribution in [-0.2, 0) is 9.53 Å². The molecule has 0 saturated carbocycles. The highest BCUT2D eigenvalue weighted by atomic mass is 79.9. The van der Waals surface area contributed by atoms with Crippen LogP contribution >= 0.6 is 15.9 Å². The van der Waals surface area contributed by atoms with Gasteiger partial charge in [0.1, 0.15) is 11.4 Å². The van der Waals surface area contributed by atoms with E-state index in [-0.39, 0.29) is 17.6 Å². The van der Waals surface area contributed by atoms with Gasteiger partial charge in [0.25, 0.3) is 0 Å². The minimum Gasteiger partial charge on any atom is -0.444 e. The van der Waals surface area contributed by atoms with Crippen molar-refractivity contribution in [3.8, 4) is 0 Å². The summed E-state index contributed by atoms with van der Waals surface area (Å²) in [6, 6.07) is 4.19. The lowest BCUT2D eigenvalue weighted by Gasteiger charge is -2.35. The number of hydrogen-bond donors (Lipinski definition) is 2. The minimum absolute atomic E-state index is 0.177. The fourth-order valence-electron chi connectivity index (χ4n) is 3.08. The number of alkyl carbamates (subject to hydrolysis) is 1. The molecule has 2 amide bonds. The molecule has 2 N–H and O–H groups in total. The normalized spacial score (nSPS) is 17.1. The number of benzene rings is 1. The maximum absolute atomic E-state index is 13.9. The van der Waals surface area contributed by atoms with Crippen LogP contribution in [0.4, 0.5) is 14.9 Å². The smallest absolute Gasteiger partial charge is 0.407 e. The Bertz CT molecular complexity index is 700. The lowest BCUT2D eigenvalue weighted by Crippen LogP contribution is -2.47. The van der Waals surface area contributed by atoms with Crippen molar-refractivity contribution < 1.29 is 18.7 Å². The first-order valence-corrected chi connectivity index (χ1v) is 10.3. The van der Waals surface area contributed by atoms with E-state index in [1.165, 1.54) is 6.07 Å². The highest BCUT2D eigenvalue weighted by Crippen LogP contribution is 2.22. The van der Waals surface area contributed by atoms with Gasteiger partial charge < -0.3 is 15.4 Å². The van der Waals surface area contributed by atoms with Gasteiger partial charge in [-0.05, 0) is 77.7 Å². The highest BCUT2D eigenvalue weighted by molar-refractivity contribution is 9.10. The standard InChI is InChI=1S/C20H29BrFN3O3/c1-13(18(26)24-17-6-5-15(21)11-16(17)22)25-9-7-14(8-10-25)12-23-19(27)28-20(2,3)4/h5-6,11,13-14H,7-10,12H2,1-4H3,(H,23,27)(H,24,26). The Balaban J connectivity index is 1.77. The van der Waals surface area contributed by atoms with Crippen molar-refractivity contribution in [1.82, 2.24) is 10.2 Å². The van der Waals surface area contributed by atoms with Crippen molar-refractivity contribution in [2.75, 3.05) is 25.0 Å². The van der Waals surface area contributed by atoms with Crippen LogP contribution in [0.3, 0.4) is 0 Å². The molecule has 1 saturated heterocycles. The molecule has 1 aromatic carbocycles. The first-order chi connectivity index (χ1) is 13.0. The SMILES string of the molecule is CC(C(=O)Nc1ccc(Br)cc1F)N1CCC(CNC(=O)OC(C)(C)C)CC1. The van der Waals surface area contributed by atoms with E-state index in [9.17, 15) is 14.0 Å². The van der Waals surface area contributed by atoms with Gasteiger partial charge in [-0.3, -0.25) is 9.69 Å². The van der Waals surface area contributed by atoms with E-state index in [2.05, 4.69) is 31.5 Å². The molecule has 6 nitrogen and oxygen atoms in total. The van der Waals surface area contributed by atoms with Gasteiger partial charge in [0, 0.05) is 11.0 Å². The largest absolute Gasteiger partial charge is 0.444 e. The van der Waals surface area contributed by atoms with Gasteiger partial charge in [0.15, 0.2) is 0 Å². The quantitative estimate of drug-likeness (QED) is 0.696. The Morgan fingerprint density at radius 3 is 2.54 bits per heavy atom. The van der Waals surface area contributed by atoms with Crippen molar-refractivity contribution in [2.24, 2.45) is 5.92 Å². The molecule has 1 fully saturated rings. The third-order valence-corrected chi connectivity index (χ3v) is 5.19. The second kappa shape index (κ2) is 9.69. The molecule has 2 rings (SSSR count). The van der Waals surface area contributed by atoms with E-state index in [1.807, 2.05) is 27.7 Å². The molecule has 8 heteroatoms. The van der Waals surface area contributed by atoms with Gasteiger partial charge in [-0.15, -0.1) is 0 Å². The number of halogens is 2. The van der Waals surface area contributed by atoms with Crippen molar-refractivity contribution in [1.29, 1.82) is 0 Å². The highest BCUT2D eigenvalue weighted by Gasteiger charge is 2.27. The van der Waals surface area contributed by atoms with Gasteiger partial charge in [-0.2, -0.15) is 0 Å². The third kappa shape index (κ3) is 7.05. The Morgan fingerprint density at radius 2 is 1.96 bits per heavy atom. The molecule has 0 aromatic heterocycles. The molecule has 1 aliphatic rings. The fourth-order valence-corrected chi connectivity index (χ4v) is 3.41. The van der Waals surface area contributed by atoms with E-state index < -0.39 is 17.5 Å². The zero-order valence-corrected chi connectivity index (χ0v) is 18.4. The lowest BCUT2D eigenvalue weighted by molar-refractivity contribution is -0.121. The van der Waals surface area contributed by atoms with Crippen LogP contribution in [0.1, 0.15) is 40.5 Å². The Kier molecular flexibility index (Phi) is 7.83. The molecule has 0 spiro atoms. The molecule has 28 heavy (non-hydrogen) atoms. The van der Waals surface area contributed by atoms with Gasteiger partial charge in [-0.1, -0.05) is 15.9 Å². The van der Waals surface area contributed by atoms with E-state index in [1.54, 1.807) is 12.1 Å². The van der Waals surface area contributed by atoms with E-state index in [0.717, 1.165) is 25.9 Å². The number of nitrogens with one attached hydrogen (secondary N) is 2. The predicted molar refractivity (Wildman–Crippen MR) is 111 cm³/mol. The topological polar surface area (TPSA) is 70.7 Å². The average Bonchev–Trinajstić information content (AvgIpc) is 2.60. The van der Waals surface area contributed by atoms with Crippen LogP contribution in [0.2, 0.25) is 0 Å². The lowest BCUT2D eigenvalue weighted by atomic mass is 9.96. The predicted octanol–water partition coefficient (Wildman–Crippen LogP) is 4.15. The van der Waals surface area contributed by atoms with Crippen LogP contribution in [-0.4, -0.2) is 48.2 Å². The summed E-state index contributed by atoms with van der Waals surface area (Å²) in [5, 5.41) is 5.47. The number of rotatable bonds is 5. The van der Waals surface area contributed by atoms with Crippen molar-refractivity contribution >= 4 is 33.6 Å². The Hall–Kier alpha value is -1.67. The number of carbonyl (C=O) groups excluding carboxylic acids is 2. The van der Waals surface area contributed by atoms with E-state index in [0.29, 0.717) is 16.9 Å². The Labute approximate surface area is 174 Å². The molecular formula is C20H29BrFN3O3. The first-order valence-electron chi connectivity index (χ1n) is 9.52. The van der Waals surface area contributed by atoms with E-state index >= 15 is 0 Å².